The third-order valence-corrected chi connectivity index (χ3v) is 4.36. The lowest BCUT2D eigenvalue weighted by Gasteiger charge is -2.20. The van der Waals surface area contributed by atoms with E-state index < -0.39 is 5.82 Å². The molecule has 0 radical (unpaired) electrons. The van der Waals surface area contributed by atoms with Gasteiger partial charge in [-0.2, -0.15) is 0 Å². The van der Waals surface area contributed by atoms with Crippen molar-refractivity contribution in [2.75, 3.05) is 6.54 Å². The summed E-state index contributed by atoms with van der Waals surface area (Å²) in [5.74, 6) is -0.298. The van der Waals surface area contributed by atoms with Crippen LogP contribution in [0.1, 0.15) is 55.3 Å². The fourth-order valence-corrected chi connectivity index (χ4v) is 2.97. The fourth-order valence-electron chi connectivity index (χ4n) is 2.76. The Morgan fingerprint density at radius 3 is 2.55 bits per heavy atom. The summed E-state index contributed by atoms with van der Waals surface area (Å²) in [7, 11) is 0. The van der Waals surface area contributed by atoms with Gasteiger partial charge in [-0.05, 0) is 30.9 Å². The van der Waals surface area contributed by atoms with Crippen LogP contribution in [0.5, 0.6) is 0 Å². The molecule has 1 aliphatic carbocycles. The van der Waals surface area contributed by atoms with E-state index in [1.165, 1.54) is 44.2 Å². The molecule has 0 bridgehead atoms. The van der Waals surface area contributed by atoms with E-state index in [0.29, 0.717) is 12.5 Å². The van der Waals surface area contributed by atoms with Gasteiger partial charge in [-0.3, -0.25) is 4.79 Å². The lowest BCUT2D eigenvalue weighted by molar-refractivity contribution is 0.0944. The fraction of sp³-hybridized carbons (Fsp3) is 0.562. The summed E-state index contributed by atoms with van der Waals surface area (Å²) in [6.45, 7) is 0.658. The molecule has 0 spiro atoms. The molecule has 2 nitrogen and oxygen atoms in total. The van der Waals surface area contributed by atoms with Gasteiger partial charge < -0.3 is 5.32 Å². The Bertz CT molecular complexity index is 456. The minimum absolute atomic E-state index is 0.0948. The standard InChI is InChI=1S/C16H21ClFNO/c17-15-13(9-6-10-14(15)18)16(20)19-11-12-7-4-2-1-3-5-8-12/h6,9-10,12H,1-5,7-8,11H2,(H,19,20). The van der Waals surface area contributed by atoms with Crippen LogP contribution in [-0.2, 0) is 0 Å². The molecule has 1 fully saturated rings. The molecule has 0 unspecified atom stereocenters. The van der Waals surface area contributed by atoms with E-state index in [1.54, 1.807) is 6.07 Å². The van der Waals surface area contributed by atoms with Crippen LogP contribution in [0.3, 0.4) is 0 Å². The van der Waals surface area contributed by atoms with Crippen LogP contribution in [0.4, 0.5) is 4.39 Å². The molecule has 110 valence electrons. The van der Waals surface area contributed by atoms with Crippen molar-refractivity contribution in [3.63, 3.8) is 0 Å². The van der Waals surface area contributed by atoms with E-state index in [-0.39, 0.29) is 16.5 Å². The molecular weight excluding hydrogens is 277 g/mol. The summed E-state index contributed by atoms with van der Waals surface area (Å²) >= 11 is 5.82. The van der Waals surface area contributed by atoms with Crippen molar-refractivity contribution in [1.82, 2.24) is 5.32 Å². The van der Waals surface area contributed by atoms with E-state index in [2.05, 4.69) is 5.32 Å². The minimum Gasteiger partial charge on any atom is -0.352 e. The number of benzene rings is 1. The van der Waals surface area contributed by atoms with Gasteiger partial charge in [0.1, 0.15) is 5.82 Å². The smallest absolute Gasteiger partial charge is 0.252 e. The lowest BCUT2D eigenvalue weighted by atomic mass is 9.91. The summed E-state index contributed by atoms with van der Waals surface area (Å²) in [5, 5.41) is 2.80. The number of rotatable bonds is 3. The van der Waals surface area contributed by atoms with Crippen molar-refractivity contribution < 1.29 is 9.18 Å². The van der Waals surface area contributed by atoms with Gasteiger partial charge in [-0.1, -0.05) is 49.8 Å². The van der Waals surface area contributed by atoms with E-state index in [0.717, 1.165) is 12.8 Å². The van der Waals surface area contributed by atoms with Crippen molar-refractivity contribution >= 4 is 17.5 Å². The zero-order chi connectivity index (χ0) is 14.4. The first-order valence-electron chi connectivity index (χ1n) is 7.40. The summed E-state index contributed by atoms with van der Waals surface area (Å²) in [6, 6.07) is 4.32. The molecule has 0 aromatic heterocycles. The number of nitrogens with one attached hydrogen (secondary N) is 1. The Labute approximate surface area is 124 Å². The van der Waals surface area contributed by atoms with Gasteiger partial charge in [0.2, 0.25) is 0 Å². The first-order valence-corrected chi connectivity index (χ1v) is 7.78. The van der Waals surface area contributed by atoms with Crippen LogP contribution in [0.15, 0.2) is 18.2 Å². The van der Waals surface area contributed by atoms with Crippen molar-refractivity contribution in [3.05, 3.63) is 34.6 Å². The number of carbonyl (C=O) groups excluding carboxylic acids is 1. The van der Waals surface area contributed by atoms with Crippen LogP contribution in [0.25, 0.3) is 0 Å². The number of hydrogen-bond donors (Lipinski definition) is 1. The first-order chi connectivity index (χ1) is 9.68. The highest BCUT2D eigenvalue weighted by Crippen LogP contribution is 2.22. The van der Waals surface area contributed by atoms with Crippen LogP contribution >= 0.6 is 11.6 Å². The average Bonchev–Trinajstić information content (AvgIpc) is 2.40. The van der Waals surface area contributed by atoms with Crippen molar-refractivity contribution in [1.29, 1.82) is 0 Å². The van der Waals surface area contributed by atoms with Crippen LogP contribution in [-0.4, -0.2) is 12.5 Å². The second kappa shape index (κ2) is 7.63. The maximum absolute atomic E-state index is 13.3. The van der Waals surface area contributed by atoms with E-state index >= 15 is 0 Å². The van der Waals surface area contributed by atoms with Crippen LogP contribution < -0.4 is 5.32 Å². The first kappa shape index (κ1) is 15.3. The summed E-state index contributed by atoms with van der Waals surface area (Å²) < 4.78 is 13.3. The monoisotopic (exact) mass is 297 g/mol. The van der Waals surface area contributed by atoms with Crippen LogP contribution in [0, 0.1) is 11.7 Å². The van der Waals surface area contributed by atoms with Gasteiger partial charge in [0, 0.05) is 6.54 Å². The topological polar surface area (TPSA) is 29.1 Å². The highest BCUT2D eigenvalue weighted by atomic mass is 35.5. The predicted octanol–water partition coefficient (Wildman–Crippen LogP) is 4.57. The second-order valence-electron chi connectivity index (χ2n) is 5.52. The Morgan fingerprint density at radius 2 is 1.85 bits per heavy atom. The van der Waals surface area contributed by atoms with E-state index in [1.807, 2.05) is 0 Å². The van der Waals surface area contributed by atoms with Crippen LogP contribution in [0.2, 0.25) is 5.02 Å². The Morgan fingerprint density at radius 1 is 1.20 bits per heavy atom. The minimum atomic E-state index is -0.551. The average molecular weight is 298 g/mol. The Kier molecular flexibility index (Phi) is 5.84. The highest BCUT2D eigenvalue weighted by molar-refractivity contribution is 6.34. The third-order valence-electron chi connectivity index (χ3n) is 3.97. The molecular formula is C16H21ClFNO. The Balaban J connectivity index is 1.89. The van der Waals surface area contributed by atoms with Crippen molar-refractivity contribution in [2.24, 2.45) is 5.92 Å². The summed E-state index contributed by atoms with van der Waals surface area (Å²) in [6.07, 6.45) is 8.72. The maximum atomic E-state index is 13.3. The zero-order valence-corrected chi connectivity index (χ0v) is 12.4. The number of carbonyl (C=O) groups is 1. The molecule has 1 amide bonds. The molecule has 0 aliphatic heterocycles. The normalized spacial score (nSPS) is 17.3. The molecule has 0 atom stereocenters. The number of halogens is 2. The molecule has 1 aromatic rings. The van der Waals surface area contributed by atoms with E-state index in [4.69, 9.17) is 11.6 Å². The maximum Gasteiger partial charge on any atom is 0.252 e. The van der Waals surface area contributed by atoms with Gasteiger partial charge in [0.05, 0.1) is 10.6 Å². The lowest BCUT2D eigenvalue weighted by Crippen LogP contribution is -2.30. The van der Waals surface area contributed by atoms with Gasteiger partial charge in [0.15, 0.2) is 0 Å². The molecule has 1 N–H and O–H groups in total. The quantitative estimate of drug-likeness (QED) is 0.870. The van der Waals surface area contributed by atoms with Gasteiger partial charge in [0.25, 0.3) is 5.91 Å². The zero-order valence-electron chi connectivity index (χ0n) is 11.6. The van der Waals surface area contributed by atoms with Gasteiger partial charge >= 0.3 is 0 Å². The van der Waals surface area contributed by atoms with E-state index in [9.17, 15) is 9.18 Å². The predicted molar refractivity (Wildman–Crippen MR) is 79.6 cm³/mol. The molecule has 1 aliphatic rings. The van der Waals surface area contributed by atoms with Gasteiger partial charge in [-0.25, -0.2) is 4.39 Å². The third kappa shape index (κ3) is 4.20. The number of amides is 1. The largest absolute Gasteiger partial charge is 0.352 e. The second-order valence-corrected chi connectivity index (χ2v) is 5.90. The molecule has 1 aromatic carbocycles. The molecule has 0 heterocycles. The number of hydrogen-bond acceptors (Lipinski definition) is 1. The Hall–Kier alpha value is -1.09. The molecule has 1 saturated carbocycles. The SMILES string of the molecule is O=C(NCC1CCCCCCC1)c1cccc(F)c1Cl. The van der Waals surface area contributed by atoms with Crippen molar-refractivity contribution in [2.45, 2.75) is 44.9 Å². The van der Waals surface area contributed by atoms with Gasteiger partial charge in [-0.15, -0.1) is 0 Å². The van der Waals surface area contributed by atoms with Crippen molar-refractivity contribution in [3.8, 4) is 0 Å². The molecule has 2 rings (SSSR count). The summed E-state index contributed by atoms with van der Waals surface area (Å²) in [5.41, 5.74) is 0.220. The molecule has 20 heavy (non-hydrogen) atoms. The summed E-state index contributed by atoms with van der Waals surface area (Å²) in [4.78, 5) is 12.1. The highest BCUT2D eigenvalue weighted by Gasteiger charge is 2.16. The molecule has 0 saturated heterocycles. The molecule has 4 heteroatoms.